The molecule has 21 heavy (non-hydrogen) atoms. The summed E-state index contributed by atoms with van der Waals surface area (Å²) in [5, 5.41) is 6.91. The van der Waals surface area contributed by atoms with E-state index in [4.69, 9.17) is 4.98 Å². The van der Waals surface area contributed by atoms with Crippen LogP contribution in [0.2, 0.25) is 0 Å². The van der Waals surface area contributed by atoms with Crippen LogP contribution in [0.5, 0.6) is 0 Å². The normalized spacial score (nSPS) is 26.7. The zero-order chi connectivity index (χ0) is 15.0. The molecule has 0 aromatic carbocycles. The molecule has 1 aliphatic carbocycles. The van der Waals surface area contributed by atoms with Crippen molar-refractivity contribution in [1.82, 2.24) is 14.9 Å². The van der Waals surface area contributed by atoms with Crippen molar-refractivity contribution in [2.75, 3.05) is 37.8 Å². The van der Waals surface area contributed by atoms with Gasteiger partial charge in [-0.1, -0.05) is 6.92 Å². The highest BCUT2D eigenvalue weighted by Crippen LogP contribution is 2.39. The zero-order valence-corrected chi connectivity index (χ0v) is 13.6. The fourth-order valence-electron chi connectivity index (χ4n) is 3.19. The number of anilines is 2. The molecule has 1 saturated heterocycles. The Morgan fingerprint density at radius 2 is 1.86 bits per heavy atom. The van der Waals surface area contributed by atoms with Gasteiger partial charge in [0.15, 0.2) is 0 Å². The number of hydrogen-bond acceptors (Lipinski definition) is 5. The molecule has 0 amide bonds. The van der Waals surface area contributed by atoms with E-state index in [9.17, 15) is 0 Å². The fraction of sp³-hybridized carbons (Fsp3) is 0.750. The molecule has 1 aromatic rings. The number of rotatable bonds is 4. The number of nitrogens with zero attached hydrogens (tertiary/aromatic N) is 3. The number of hydrogen-bond donors (Lipinski definition) is 2. The van der Waals surface area contributed by atoms with Crippen molar-refractivity contribution in [1.29, 1.82) is 0 Å². The smallest absolute Gasteiger partial charge is 0.136 e. The topological polar surface area (TPSA) is 53.1 Å². The lowest BCUT2D eigenvalue weighted by molar-refractivity contribution is 0.206. The molecular formula is C16H27N5. The zero-order valence-electron chi connectivity index (χ0n) is 13.6. The van der Waals surface area contributed by atoms with E-state index in [1.165, 1.54) is 19.3 Å². The average Bonchev–Trinajstić information content (AvgIpc) is 3.28. The molecule has 1 aliphatic heterocycles. The third kappa shape index (κ3) is 3.12. The minimum absolute atomic E-state index is 0.506. The Morgan fingerprint density at radius 1 is 1.14 bits per heavy atom. The summed E-state index contributed by atoms with van der Waals surface area (Å²) in [7, 11) is 4.14. The summed E-state index contributed by atoms with van der Waals surface area (Å²) in [4.78, 5) is 11.9. The van der Waals surface area contributed by atoms with Gasteiger partial charge in [0, 0.05) is 31.1 Å². The first kappa shape index (κ1) is 14.6. The van der Waals surface area contributed by atoms with Crippen LogP contribution in [0.3, 0.4) is 0 Å². The summed E-state index contributed by atoms with van der Waals surface area (Å²) in [5.74, 6) is 4.22. The molecular weight excluding hydrogens is 262 g/mol. The molecule has 0 radical (unpaired) electrons. The van der Waals surface area contributed by atoms with Gasteiger partial charge in [0.25, 0.3) is 0 Å². The van der Waals surface area contributed by atoms with Crippen molar-refractivity contribution in [3.05, 3.63) is 11.4 Å². The molecule has 2 heterocycles. The van der Waals surface area contributed by atoms with E-state index >= 15 is 0 Å². The second-order valence-corrected chi connectivity index (χ2v) is 6.71. The summed E-state index contributed by atoms with van der Waals surface area (Å²) in [6.07, 6.45) is 3.64. The number of nitrogens with one attached hydrogen (secondary N) is 2. The van der Waals surface area contributed by atoms with Crippen LogP contribution in [-0.2, 0) is 0 Å². The fourth-order valence-corrected chi connectivity index (χ4v) is 3.19. The number of piperidine rings is 1. The Kier molecular flexibility index (Phi) is 4.02. The average molecular weight is 289 g/mol. The summed E-state index contributed by atoms with van der Waals surface area (Å²) >= 11 is 0. The van der Waals surface area contributed by atoms with Crippen LogP contribution in [0.1, 0.15) is 43.5 Å². The molecule has 1 saturated carbocycles. The first-order valence-electron chi connectivity index (χ1n) is 8.10. The Bertz CT molecular complexity index is 512. The molecule has 5 nitrogen and oxygen atoms in total. The van der Waals surface area contributed by atoms with Crippen LogP contribution < -0.4 is 10.6 Å². The highest BCUT2D eigenvalue weighted by molar-refractivity contribution is 5.57. The molecule has 1 aromatic heterocycles. The molecule has 2 unspecified atom stereocenters. The van der Waals surface area contributed by atoms with Gasteiger partial charge in [-0.25, -0.2) is 9.97 Å². The van der Waals surface area contributed by atoms with Crippen molar-refractivity contribution in [2.24, 2.45) is 5.92 Å². The Hall–Kier alpha value is -1.36. The first-order valence-corrected chi connectivity index (χ1v) is 8.10. The Morgan fingerprint density at radius 3 is 2.48 bits per heavy atom. The van der Waals surface area contributed by atoms with Crippen LogP contribution in [-0.4, -0.2) is 48.1 Å². The van der Waals surface area contributed by atoms with E-state index in [1.807, 2.05) is 7.05 Å². The van der Waals surface area contributed by atoms with Gasteiger partial charge in [0.2, 0.25) is 0 Å². The van der Waals surface area contributed by atoms with Gasteiger partial charge in [-0.2, -0.15) is 0 Å². The first-order chi connectivity index (χ1) is 10.1. The molecule has 2 N–H and O–H groups in total. The lowest BCUT2D eigenvalue weighted by Gasteiger charge is -2.35. The molecule has 0 bridgehead atoms. The van der Waals surface area contributed by atoms with Crippen LogP contribution >= 0.6 is 0 Å². The van der Waals surface area contributed by atoms with E-state index in [2.05, 4.69) is 41.4 Å². The highest BCUT2D eigenvalue weighted by atomic mass is 15.1. The minimum Gasteiger partial charge on any atom is -0.373 e. The molecule has 3 rings (SSSR count). The van der Waals surface area contributed by atoms with Gasteiger partial charge in [-0.3, -0.25) is 0 Å². The van der Waals surface area contributed by atoms with Gasteiger partial charge < -0.3 is 15.5 Å². The monoisotopic (exact) mass is 289 g/mol. The molecule has 5 heteroatoms. The van der Waals surface area contributed by atoms with E-state index in [0.717, 1.165) is 36.1 Å². The van der Waals surface area contributed by atoms with Gasteiger partial charge in [-0.05, 0) is 45.7 Å². The largest absolute Gasteiger partial charge is 0.373 e. The summed E-state index contributed by atoms with van der Waals surface area (Å²) in [6, 6.07) is 0.506. The Balaban J connectivity index is 1.82. The van der Waals surface area contributed by atoms with E-state index in [0.29, 0.717) is 17.9 Å². The standard InChI is InChI=1S/C16H27N5/c1-10-9-21(4)8-7-13(10)18-15-11(2)14(17-3)19-16(20-15)12-5-6-12/h10,12-13H,5-9H2,1-4H3,(H2,17,18,19,20). The van der Waals surface area contributed by atoms with Gasteiger partial charge in [0.05, 0.1) is 0 Å². The molecule has 2 aliphatic rings. The maximum Gasteiger partial charge on any atom is 0.136 e. The molecule has 116 valence electrons. The Labute approximate surface area is 127 Å². The second kappa shape index (κ2) is 5.79. The van der Waals surface area contributed by atoms with Crippen LogP contribution in [0.25, 0.3) is 0 Å². The maximum atomic E-state index is 4.81. The van der Waals surface area contributed by atoms with Crippen molar-refractivity contribution in [3.63, 3.8) is 0 Å². The molecule has 0 spiro atoms. The lowest BCUT2D eigenvalue weighted by Crippen LogP contribution is -2.43. The third-order valence-corrected chi connectivity index (χ3v) is 4.77. The van der Waals surface area contributed by atoms with Gasteiger partial charge >= 0.3 is 0 Å². The van der Waals surface area contributed by atoms with Crippen LogP contribution in [0, 0.1) is 12.8 Å². The summed E-state index contributed by atoms with van der Waals surface area (Å²) in [5.41, 5.74) is 1.13. The van der Waals surface area contributed by atoms with E-state index < -0.39 is 0 Å². The summed E-state index contributed by atoms with van der Waals surface area (Å²) < 4.78 is 0. The molecule has 2 fully saturated rings. The number of likely N-dealkylation sites (tertiary alicyclic amines) is 1. The SMILES string of the molecule is CNc1nc(C2CC2)nc(NC2CCN(C)CC2C)c1C. The van der Waals surface area contributed by atoms with Crippen molar-refractivity contribution >= 4 is 11.6 Å². The molecule has 2 atom stereocenters. The minimum atomic E-state index is 0.506. The summed E-state index contributed by atoms with van der Waals surface area (Å²) in [6.45, 7) is 6.73. The van der Waals surface area contributed by atoms with Crippen LogP contribution in [0.4, 0.5) is 11.6 Å². The predicted molar refractivity (Wildman–Crippen MR) is 87.0 cm³/mol. The maximum absolute atomic E-state index is 4.81. The van der Waals surface area contributed by atoms with Crippen LogP contribution in [0.15, 0.2) is 0 Å². The third-order valence-electron chi connectivity index (χ3n) is 4.77. The second-order valence-electron chi connectivity index (χ2n) is 6.71. The van der Waals surface area contributed by atoms with Crippen molar-refractivity contribution in [3.8, 4) is 0 Å². The quantitative estimate of drug-likeness (QED) is 0.892. The van der Waals surface area contributed by atoms with E-state index in [-0.39, 0.29) is 0 Å². The highest BCUT2D eigenvalue weighted by Gasteiger charge is 2.29. The lowest BCUT2D eigenvalue weighted by atomic mass is 9.94. The predicted octanol–water partition coefficient (Wildman–Crippen LogP) is 2.46. The van der Waals surface area contributed by atoms with Gasteiger partial charge in [0.1, 0.15) is 17.5 Å². The van der Waals surface area contributed by atoms with Gasteiger partial charge in [-0.15, -0.1) is 0 Å². The van der Waals surface area contributed by atoms with E-state index in [1.54, 1.807) is 0 Å². The number of aromatic nitrogens is 2. The van der Waals surface area contributed by atoms with Crippen molar-refractivity contribution < 1.29 is 0 Å². The van der Waals surface area contributed by atoms with Crippen molar-refractivity contribution in [2.45, 2.75) is 45.1 Å².